The van der Waals surface area contributed by atoms with Gasteiger partial charge in [0.2, 0.25) is 0 Å². The lowest BCUT2D eigenvalue weighted by molar-refractivity contribution is -1.08. The zero-order chi connectivity index (χ0) is 18.6. The van der Waals surface area contributed by atoms with Crippen LogP contribution in [-0.2, 0) is 14.4 Å². The zero-order valence-corrected chi connectivity index (χ0v) is 16.2. The minimum atomic E-state index is -3.81. The number of piperidine rings is 1. The summed E-state index contributed by atoms with van der Waals surface area (Å²) in [6.07, 6.45) is 7.07. The normalized spacial score (nSPS) is 24.0. The average molecular weight is 373 g/mol. The molecule has 26 heavy (non-hydrogen) atoms. The summed E-state index contributed by atoms with van der Waals surface area (Å²) in [6, 6.07) is 16.8. The standard InChI is InChI=1S/C21H26NO3S/c1-18-11-15-21(16-12-18)26(23,24)25-22(2)17-7-6-10-20(22)14-13-19-8-4-3-5-9-19/h3-5,8-9,11-16,20H,6-7,10,17H2,1-2H3/q+1. The highest BCUT2D eigenvalue weighted by Crippen LogP contribution is 2.29. The molecule has 0 bridgehead atoms. The van der Waals surface area contributed by atoms with Gasteiger partial charge in [0.15, 0.2) is 0 Å². The van der Waals surface area contributed by atoms with Gasteiger partial charge in [0.1, 0.15) is 19.6 Å². The Balaban J connectivity index is 1.82. The number of rotatable bonds is 5. The van der Waals surface area contributed by atoms with Crippen molar-refractivity contribution >= 4 is 16.2 Å². The number of benzene rings is 2. The molecule has 0 amide bonds. The molecule has 0 spiro atoms. The summed E-state index contributed by atoms with van der Waals surface area (Å²) in [6.45, 7) is 2.61. The Labute approximate surface area is 156 Å². The molecule has 0 aromatic heterocycles. The summed E-state index contributed by atoms with van der Waals surface area (Å²) in [5.74, 6) is 0. The van der Waals surface area contributed by atoms with Gasteiger partial charge < -0.3 is 0 Å². The highest BCUT2D eigenvalue weighted by atomic mass is 32.2. The Hall–Kier alpha value is -1.95. The van der Waals surface area contributed by atoms with Crippen molar-refractivity contribution in [1.82, 2.24) is 0 Å². The van der Waals surface area contributed by atoms with Gasteiger partial charge >= 0.3 is 10.1 Å². The lowest BCUT2D eigenvalue weighted by atomic mass is 10.0. The lowest BCUT2D eigenvalue weighted by Gasteiger charge is -2.39. The molecule has 2 aromatic rings. The molecule has 1 fully saturated rings. The Morgan fingerprint density at radius 1 is 1.04 bits per heavy atom. The van der Waals surface area contributed by atoms with Gasteiger partial charge in [0, 0.05) is 6.42 Å². The Morgan fingerprint density at radius 2 is 1.73 bits per heavy atom. The molecule has 138 valence electrons. The van der Waals surface area contributed by atoms with Crippen LogP contribution in [0.15, 0.2) is 65.6 Å². The topological polar surface area (TPSA) is 43.4 Å². The first-order valence-electron chi connectivity index (χ1n) is 9.00. The molecule has 3 rings (SSSR count). The largest absolute Gasteiger partial charge is 0.342 e. The number of likely N-dealkylation sites (N-methyl/N-ethyl adjacent to an activating group) is 1. The summed E-state index contributed by atoms with van der Waals surface area (Å²) in [5, 5.41) is 0. The number of hydrogen-bond acceptors (Lipinski definition) is 3. The summed E-state index contributed by atoms with van der Waals surface area (Å²) in [4.78, 5) is 0.207. The fourth-order valence-electron chi connectivity index (χ4n) is 3.35. The van der Waals surface area contributed by atoms with Crippen LogP contribution in [0.1, 0.15) is 30.4 Å². The molecule has 0 saturated carbocycles. The Morgan fingerprint density at radius 3 is 2.42 bits per heavy atom. The molecule has 0 radical (unpaired) electrons. The summed E-state index contributed by atoms with van der Waals surface area (Å²) in [5.41, 5.74) is 2.12. The Kier molecular flexibility index (Phi) is 5.61. The fourth-order valence-corrected chi connectivity index (χ4v) is 4.54. The predicted molar refractivity (Wildman–Crippen MR) is 104 cm³/mol. The number of hydrogen-bond donors (Lipinski definition) is 0. The summed E-state index contributed by atoms with van der Waals surface area (Å²) < 4.78 is 31.4. The molecule has 4 nitrogen and oxygen atoms in total. The van der Waals surface area contributed by atoms with Crippen molar-refractivity contribution in [1.29, 1.82) is 0 Å². The molecular weight excluding hydrogens is 346 g/mol. The van der Waals surface area contributed by atoms with E-state index in [1.54, 1.807) is 24.3 Å². The smallest absolute Gasteiger partial charge is 0.189 e. The van der Waals surface area contributed by atoms with Crippen molar-refractivity contribution in [3.05, 3.63) is 71.8 Å². The summed E-state index contributed by atoms with van der Waals surface area (Å²) in [7, 11) is -1.95. The van der Waals surface area contributed by atoms with E-state index in [9.17, 15) is 8.42 Å². The number of likely N-dealkylation sites (tertiary alicyclic amines) is 1. The maximum atomic E-state index is 12.8. The van der Waals surface area contributed by atoms with Gasteiger partial charge in [-0.25, -0.2) is 0 Å². The third kappa shape index (κ3) is 4.41. The molecule has 0 aliphatic carbocycles. The quantitative estimate of drug-likeness (QED) is 0.734. The lowest BCUT2D eigenvalue weighted by Crippen LogP contribution is -2.55. The number of hydroxylamine groups is 3. The minimum absolute atomic E-state index is 0.00387. The number of nitrogens with zero attached hydrogens (tertiary/aromatic N) is 1. The molecule has 1 aliphatic heterocycles. The molecule has 1 saturated heterocycles. The van der Waals surface area contributed by atoms with Crippen LogP contribution in [-0.4, -0.2) is 32.7 Å². The van der Waals surface area contributed by atoms with Crippen molar-refractivity contribution in [2.75, 3.05) is 13.6 Å². The van der Waals surface area contributed by atoms with E-state index in [-0.39, 0.29) is 15.6 Å². The second kappa shape index (κ2) is 7.74. The van der Waals surface area contributed by atoms with Gasteiger partial charge in [0.05, 0.1) is 4.90 Å². The van der Waals surface area contributed by atoms with Crippen molar-refractivity contribution in [2.45, 2.75) is 37.1 Å². The van der Waals surface area contributed by atoms with E-state index in [4.69, 9.17) is 4.28 Å². The zero-order valence-electron chi connectivity index (χ0n) is 15.3. The van der Waals surface area contributed by atoms with Crippen LogP contribution < -0.4 is 0 Å². The predicted octanol–water partition coefficient (Wildman–Crippen LogP) is 4.33. The highest BCUT2D eigenvalue weighted by molar-refractivity contribution is 7.86. The van der Waals surface area contributed by atoms with E-state index in [2.05, 4.69) is 6.08 Å². The molecule has 2 unspecified atom stereocenters. The SMILES string of the molecule is Cc1ccc(S(=O)(=O)O[N+]2(C)CCCCC2C=Cc2ccccc2)cc1. The van der Waals surface area contributed by atoms with Gasteiger partial charge in [-0.05, 0) is 43.5 Å². The fraction of sp³-hybridized carbons (Fsp3) is 0.333. The van der Waals surface area contributed by atoms with Crippen LogP contribution >= 0.6 is 0 Å². The second-order valence-electron chi connectivity index (χ2n) is 7.07. The van der Waals surface area contributed by atoms with Crippen LogP contribution in [0.5, 0.6) is 0 Å². The van der Waals surface area contributed by atoms with Gasteiger partial charge in [0.25, 0.3) is 0 Å². The first-order valence-corrected chi connectivity index (χ1v) is 10.4. The van der Waals surface area contributed by atoms with Crippen LogP contribution in [0.2, 0.25) is 0 Å². The monoisotopic (exact) mass is 372 g/mol. The average Bonchev–Trinajstić information content (AvgIpc) is 2.61. The molecule has 0 N–H and O–H groups in total. The summed E-state index contributed by atoms with van der Waals surface area (Å²) >= 11 is 0. The van der Waals surface area contributed by atoms with E-state index < -0.39 is 10.1 Å². The van der Waals surface area contributed by atoms with Gasteiger partial charge in [-0.1, -0.05) is 58.4 Å². The second-order valence-corrected chi connectivity index (χ2v) is 8.60. The molecule has 1 aliphatic rings. The van der Waals surface area contributed by atoms with Crippen molar-refractivity contribution in [3.63, 3.8) is 0 Å². The third-order valence-electron chi connectivity index (χ3n) is 4.94. The van der Waals surface area contributed by atoms with E-state index in [1.807, 2.05) is 50.4 Å². The number of quaternary nitrogens is 1. The van der Waals surface area contributed by atoms with E-state index >= 15 is 0 Å². The van der Waals surface area contributed by atoms with Crippen LogP contribution in [0.4, 0.5) is 0 Å². The van der Waals surface area contributed by atoms with E-state index in [0.717, 1.165) is 30.4 Å². The van der Waals surface area contributed by atoms with Crippen LogP contribution in [0, 0.1) is 6.92 Å². The van der Waals surface area contributed by atoms with E-state index in [0.29, 0.717) is 6.54 Å². The molecule has 5 heteroatoms. The van der Waals surface area contributed by atoms with Crippen LogP contribution in [0.25, 0.3) is 6.08 Å². The number of aryl methyl sites for hydroxylation is 1. The van der Waals surface area contributed by atoms with Gasteiger partial charge in [-0.15, -0.1) is 0 Å². The highest BCUT2D eigenvalue weighted by Gasteiger charge is 2.41. The van der Waals surface area contributed by atoms with Crippen molar-refractivity contribution in [2.24, 2.45) is 0 Å². The molecule has 2 aromatic carbocycles. The van der Waals surface area contributed by atoms with Crippen LogP contribution in [0.3, 0.4) is 0 Å². The maximum Gasteiger partial charge on any atom is 0.342 e. The third-order valence-corrected chi connectivity index (χ3v) is 6.33. The molecular formula is C21H26NO3S+. The first kappa shape index (κ1) is 18.8. The minimum Gasteiger partial charge on any atom is -0.189 e. The van der Waals surface area contributed by atoms with Gasteiger partial charge in [-0.3, -0.25) is 0 Å². The van der Waals surface area contributed by atoms with E-state index in [1.165, 1.54) is 0 Å². The van der Waals surface area contributed by atoms with Crippen molar-refractivity contribution < 1.29 is 17.3 Å². The molecule has 2 atom stereocenters. The van der Waals surface area contributed by atoms with Crippen molar-refractivity contribution in [3.8, 4) is 0 Å². The molecule has 1 heterocycles. The van der Waals surface area contributed by atoms with Gasteiger partial charge in [-0.2, -0.15) is 13.1 Å². The maximum absolute atomic E-state index is 12.8. The Bertz CT molecular complexity index is 860. The first-order chi connectivity index (χ1) is 12.4.